The molecule has 7 heteroatoms. The van der Waals surface area contributed by atoms with Crippen LogP contribution in [0.3, 0.4) is 0 Å². The molecular weight excluding hydrogens is 797 g/mol. The minimum absolute atomic E-state index is 0.0828. The smallest absolute Gasteiger partial charge is 0.269 e. The van der Waals surface area contributed by atoms with Crippen LogP contribution in [0.1, 0.15) is 77.9 Å². The van der Waals surface area contributed by atoms with Crippen LogP contribution in [0.15, 0.2) is 158 Å². The second-order valence-electron chi connectivity index (χ2n) is 20.2. The lowest BCUT2D eigenvalue weighted by Gasteiger charge is -2.33. The van der Waals surface area contributed by atoms with Gasteiger partial charge in [-0.05, 0) is 95.3 Å². The van der Waals surface area contributed by atoms with Gasteiger partial charge in [0, 0.05) is 33.8 Å². The summed E-state index contributed by atoms with van der Waals surface area (Å²) >= 11 is 0. The van der Waals surface area contributed by atoms with Crippen molar-refractivity contribution in [2.75, 3.05) is 0 Å². The summed E-state index contributed by atoms with van der Waals surface area (Å²) in [5, 5.41) is 4.76. The molecule has 0 spiro atoms. The van der Waals surface area contributed by atoms with Crippen molar-refractivity contribution in [2.24, 2.45) is 0 Å². The molecule has 7 nitrogen and oxygen atoms in total. The Hall–Kier alpha value is -7.51. The fourth-order valence-corrected chi connectivity index (χ4v) is 10.4. The van der Waals surface area contributed by atoms with Crippen molar-refractivity contribution in [3.63, 3.8) is 0 Å². The second kappa shape index (κ2) is 13.7. The molecule has 0 saturated heterocycles. The number of hydrogen-bond donors (Lipinski definition) is 0. The molecule has 4 aromatic heterocycles. The third kappa shape index (κ3) is 5.84. The number of rotatable bonds is 5. The molecule has 5 heterocycles. The van der Waals surface area contributed by atoms with Crippen LogP contribution in [0.2, 0.25) is 0 Å². The van der Waals surface area contributed by atoms with Gasteiger partial charge in [-0.1, -0.05) is 139 Å². The third-order valence-electron chi connectivity index (χ3n) is 13.5. The van der Waals surface area contributed by atoms with Crippen LogP contribution in [0, 0.1) is 6.33 Å². The van der Waals surface area contributed by atoms with Gasteiger partial charge >= 0.3 is 0 Å². The van der Waals surface area contributed by atoms with Crippen molar-refractivity contribution in [3.05, 3.63) is 187 Å². The lowest BCUT2D eigenvalue weighted by Crippen LogP contribution is -2.37. The highest BCUT2D eigenvalue weighted by atomic mass is 16.5. The van der Waals surface area contributed by atoms with E-state index in [9.17, 15) is 0 Å². The van der Waals surface area contributed by atoms with E-state index < -0.39 is 0 Å². The fraction of sp³-hybridized carbons (Fsp3) is 0.190. The minimum Gasteiger partial charge on any atom is -0.458 e. The van der Waals surface area contributed by atoms with E-state index in [1.807, 2.05) is 12.3 Å². The Morgan fingerprint density at radius 2 is 1.28 bits per heavy atom. The SMILES string of the molecule is CC(C)(C)c1cccc(C(C)(C)C)c1-[n+]1[c-]n(-c2cccc(Oc3ccc4c5ccccc5n(-c5nccc6c5nc5n6-c6cccc7cccc(c67)C5(C)C)c4c3)c2)c2ccccc21. The van der Waals surface area contributed by atoms with Crippen LogP contribution in [-0.2, 0) is 16.2 Å². The predicted octanol–water partition coefficient (Wildman–Crippen LogP) is 13.7. The Balaban J connectivity index is 0.986. The first-order chi connectivity index (χ1) is 31.3. The summed E-state index contributed by atoms with van der Waals surface area (Å²) < 4.78 is 15.9. The van der Waals surface area contributed by atoms with Gasteiger partial charge in [0.25, 0.3) is 6.33 Å². The molecule has 65 heavy (non-hydrogen) atoms. The van der Waals surface area contributed by atoms with E-state index in [4.69, 9.17) is 14.7 Å². The average molecular weight is 847 g/mol. The van der Waals surface area contributed by atoms with E-state index in [1.54, 1.807) is 0 Å². The number of pyridine rings is 1. The summed E-state index contributed by atoms with van der Waals surface area (Å²) in [5.41, 5.74) is 12.7. The zero-order valence-electron chi connectivity index (χ0n) is 38.1. The van der Waals surface area contributed by atoms with Crippen LogP contribution in [0.5, 0.6) is 11.5 Å². The number of hydrogen-bond acceptors (Lipinski definition) is 3. The summed E-state index contributed by atoms with van der Waals surface area (Å²) in [6.45, 7) is 18.3. The molecule has 0 N–H and O–H groups in total. The van der Waals surface area contributed by atoms with Crippen molar-refractivity contribution in [2.45, 2.75) is 71.6 Å². The van der Waals surface area contributed by atoms with Crippen molar-refractivity contribution in [1.82, 2.24) is 23.7 Å². The highest BCUT2D eigenvalue weighted by Crippen LogP contribution is 2.46. The number of imidazole rings is 2. The second-order valence-corrected chi connectivity index (χ2v) is 20.2. The molecule has 318 valence electrons. The molecular formula is C58H50N6O. The number of aromatic nitrogens is 6. The zero-order valence-corrected chi connectivity index (χ0v) is 38.1. The maximum Gasteiger partial charge on any atom is 0.269 e. The number of para-hydroxylation sites is 4. The summed E-state index contributed by atoms with van der Waals surface area (Å²) in [6, 6.07) is 53.8. The summed E-state index contributed by atoms with van der Waals surface area (Å²) in [4.78, 5) is 10.6. The number of ether oxygens (including phenoxy) is 1. The topological polar surface area (TPSA) is 53.7 Å². The Morgan fingerprint density at radius 1 is 0.600 bits per heavy atom. The van der Waals surface area contributed by atoms with Crippen LogP contribution in [0.25, 0.3) is 77.5 Å². The predicted molar refractivity (Wildman–Crippen MR) is 264 cm³/mol. The van der Waals surface area contributed by atoms with E-state index in [1.165, 1.54) is 33.2 Å². The molecule has 7 aromatic carbocycles. The Labute approximate surface area is 378 Å². The maximum absolute atomic E-state index is 6.83. The summed E-state index contributed by atoms with van der Waals surface area (Å²) in [7, 11) is 0. The quantitative estimate of drug-likeness (QED) is 0.128. The van der Waals surface area contributed by atoms with E-state index in [0.717, 1.165) is 78.4 Å². The van der Waals surface area contributed by atoms with E-state index in [-0.39, 0.29) is 16.2 Å². The fourth-order valence-electron chi connectivity index (χ4n) is 10.4. The van der Waals surface area contributed by atoms with E-state index in [2.05, 4.69) is 226 Å². The highest BCUT2D eigenvalue weighted by Gasteiger charge is 2.37. The molecule has 0 unspecified atom stereocenters. The van der Waals surface area contributed by atoms with Gasteiger partial charge in [0.15, 0.2) is 5.82 Å². The molecule has 1 aliphatic rings. The molecule has 0 fully saturated rings. The first-order valence-electron chi connectivity index (χ1n) is 22.6. The number of nitrogens with zero attached hydrogens (tertiary/aromatic N) is 6. The van der Waals surface area contributed by atoms with Gasteiger partial charge in [-0.2, -0.15) is 0 Å². The Kier molecular flexibility index (Phi) is 8.27. The molecule has 1 aliphatic heterocycles. The van der Waals surface area contributed by atoms with Gasteiger partial charge < -0.3 is 4.74 Å². The van der Waals surface area contributed by atoms with Gasteiger partial charge in [0.1, 0.15) is 22.8 Å². The number of fused-ring (bicyclic) bond motifs is 8. The zero-order chi connectivity index (χ0) is 44.6. The van der Waals surface area contributed by atoms with Gasteiger partial charge in [-0.25, -0.2) is 9.97 Å². The normalized spacial score (nSPS) is 13.7. The van der Waals surface area contributed by atoms with E-state index in [0.29, 0.717) is 0 Å². The molecule has 11 aromatic rings. The van der Waals surface area contributed by atoms with Crippen molar-refractivity contribution >= 4 is 54.6 Å². The molecule has 0 aliphatic carbocycles. The third-order valence-corrected chi connectivity index (χ3v) is 13.5. The molecule has 0 atom stereocenters. The van der Waals surface area contributed by atoms with Crippen molar-refractivity contribution in [1.29, 1.82) is 0 Å². The van der Waals surface area contributed by atoms with Crippen molar-refractivity contribution < 1.29 is 9.30 Å². The van der Waals surface area contributed by atoms with Crippen LogP contribution < -0.4 is 9.30 Å². The summed E-state index contributed by atoms with van der Waals surface area (Å²) in [6.07, 6.45) is 5.73. The highest BCUT2D eigenvalue weighted by molar-refractivity contribution is 6.10. The molecule has 0 saturated carbocycles. The monoisotopic (exact) mass is 846 g/mol. The van der Waals surface area contributed by atoms with Gasteiger partial charge in [-0.3, -0.25) is 18.3 Å². The Morgan fingerprint density at radius 3 is 2.06 bits per heavy atom. The van der Waals surface area contributed by atoms with Crippen LogP contribution in [-0.4, -0.2) is 23.7 Å². The van der Waals surface area contributed by atoms with Gasteiger partial charge in [-0.15, -0.1) is 0 Å². The van der Waals surface area contributed by atoms with Crippen molar-refractivity contribution in [3.8, 4) is 34.4 Å². The molecule has 0 bridgehead atoms. The standard InChI is InChI=1S/C58H50N6O/c1-56(2,3)43-23-16-24-44(57(4,5)6)53(43)62-35-61(46-26-11-12-27-47(46)62)37-19-15-20-38(33-37)65-39-29-30-41-40-21-9-10-25-45(40)63(50(41)34-39)54-52-49(31-32-59-54)64-48-28-14-18-36-17-13-22-42(51(36)48)58(7,8)55(64)60-52/h9-34H,1-8H3. The van der Waals surface area contributed by atoms with Gasteiger partial charge in [0.2, 0.25) is 0 Å². The van der Waals surface area contributed by atoms with Crippen LogP contribution >= 0.6 is 0 Å². The molecule has 0 amide bonds. The first kappa shape index (κ1) is 39.1. The first-order valence-corrected chi connectivity index (χ1v) is 22.6. The lowest BCUT2D eigenvalue weighted by atomic mass is 9.78. The van der Waals surface area contributed by atoms with Gasteiger partial charge in [0.05, 0.1) is 44.6 Å². The summed E-state index contributed by atoms with van der Waals surface area (Å²) in [5.74, 6) is 3.24. The Bertz CT molecular complexity index is 3720. The minimum atomic E-state index is -0.336. The lowest BCUT2D eigenvalue weighted by molar-refractivity contribution is -0.574. The maximum atomic E-state index is 6.83. The molecule has 0 radical (unpaired) electrons. The largest absolute Gasteiger partial charge is 0.458 e. The van der Waals surface area contributed by atoms with Crippen LogP contribution in [0.4, 0.5) is 0 Å². The number of benzene rings is 7. The average Bonchev–Trinajstić information content (AvgIpc) is 3.98. The van der Waals surface area contributed by atoms with E-state index >= 15 is 0 Å². The molecule has 12 rings (SSSR count).